The average Bonchev–Trinajstić information content (AvgIpc) is 3.65. The highest BCUT2D eigenvalue weighted by Crippen LogP contribution is 2.51. The van der Waals surface area contributed by atoms with Gasteiger partial charge in [-0.05, 0) is 70.5 Å². The molecule has 2 heteroatoms. The van der Waals surface area contributed by atoms with Crippen LogP contribution in [0, 0.1) is 0 Å². The quantitative estimate of drug-likeness (QED) is 0.187. The Kier molecular flexibility index (Phi) is 6.42. The molecule has 0 unspecified atom stereocenters. The number of hydrogen-bond donors (Lipinski definition) is 0. The molecule has 0 N–H and O–H groups in total. The van der Waals surface area contributed by atoms with E-state index >= 15 is 0 Å². The Morgan fingerprint density at radius 2 is 1.06 bits per heavy atom. The molecule has 2 aromatic heterocycles. The summed E-state index contributed by atoms with van der Waals surface area (Å²) in [6.07, 6.45) is 9.73. The first-order valence-electron chi connectivity index (χ1n) is 16.8. The SMILES string of the molecule is C=C1/C=C\C=C/CC(C)(C)c2c1c1c(c3ccccc3n1-c1ccc(-c3ccccc3)cc1)c1c3ccccc3n(-c3ccccc3)c21. The van der Waals surface area contributed by atoms with E-state index in [1.54, 1.807) is 0 Å². The summed E-state index contributed by atoms with van der Waals surface area (Å²) in [6.45, 7) is 9.59. The molecule has 230 valence electrons. The zero-order chi connectivity index (χ0) is 32.4. The molecular weight excluding hydrogens is 581 g/mol. The van der Waals surface area contributed by atoms with Gasteiger partial charge in [0.15, 0.2) is 0 Å². The summed E-state index contributed by atoms with van der Waals surface area (Å²) in [6, 6.07) is 48.4. The summed E-state index contributed by atoms with van der Waals surface area (Å²) >= 11 is 0. The first kappa shape index (κ1) is 28.4. The second-order valence-electron chi connectivity index (χ2n) is 13.6. The van der Waals surface area contributed by atoms with E-state index < -0.39 is 0 Å². The molecule has 0 fully saturated rings. The third-order valence-corrected chi connectivity index (χ3v) is 10.1. The number of rotatable bonds is 3. The van der Waals surface area contributed by atoms with Gasteiger partial charge in [-0.1, -0.05) is 142 Å². The van der Waals surface area contributed by atoms with E-state index in [1.165, 1.54) is 65.9 Å². The highest BCUT2D eigenvalue weighted by atomic mass is 15.0. The number of aromatic nitrogens is 2. The Bertz CT molecular complexity index is 2590. The van der Waals surface area contributed by atoms with Crippen LogP contribution in [-0.4, -0.2) is 9.13 Å². The number of hydrogen-bond acceptors (Lipinski definition) is 0. The number of fused-ring (bicyclic) bond motifs is 10. The summed E-state index contributed by atoms with van der Waals surface area (Å²) in [7, 11) is 0. The lowest BCUT2D eigenvalue weighted by Crippen LogP contribution is -2.20. The van der Waals surface area contributed by atoms with Gasteiger partial charge in [0.05, 0.1) is 22.1 Å². The van der Waals surface area contributed by atoms with Crippen molar-refractivity contribution < 1.29 is 0 Å². The molecule has 0 radical (unpaired) electrons. The van der Waals surface area contributed by atoms with E-state index in [1.807, 2.05) is 0 Å². The fourth-order valence-electron chi connectivity index (χ4n) is 8.01. The van der Waals surface area contributed by atoms with E-state index in [0.29, 0.717) is 0 Å². The van der Waals surface area contributed by atoms with Crippen molar-refractivity contribution in [3.8, 4) is 22.5 Å². The second kappa shape index (κ2) is 10.9. The van der Waals surface area contributed by atoms with Crippen molar-refractivity contribution in [1.82, 2.24) is 9.13 Å². The normalized spacial score (nSPS) is 15.8. The van der Waals surface area contributed by atoms with Gasteiger partial charge in [-0.25, -0.2) is 0 Å². The van der Waals surface area contributed by atoms with Crippen molar-refractivity contribution in [3.05, 3.63) is 175 Å². The van der Waals surface area contributed by atoms with Crippen LogP contribution in [0.4, 0.5) is 0 Å². The van der Waals surface area contributed by atoms with Crippen molar-refractivity contribution in [2.24, 2.45) is 0 Å². The molecule has 0 bridgehead atoms. The standard InChI is InChI=1S/C46H36N2/c1-31-17-7-6-16-30-46(2,3)43-40(31)44-41(42-37-23-13-15-25-39(37)48(45(42)43)34-20-10-5-11-21-34)36-22-12-14-24-38(36)47(44)35-28-26-33(27-29-35)32-18-8-4-9-19-32/h4-29H,1,30H2,2-3H3/b16-6-,17-7-. The molecule has 0 atom stereocenters. The van der Waals surface area contributed by atoms with Crippen LogP contribution in [0.15, 0.2) is 164 Å². The maximum atomic E-state index is 4.79. The predicted molar refractivity (Wildman–Crippen MR) is 206 cm³/mol. The van der Waals surface area contributed by atoms with Crippen molar-refractivity contribution in [1.29, 1.82) is 0 Å². The van der Waals surface area contributed by atoms with E-state index in [0.717, 1.165) is 23.4 Å². The van der Waals surface area contributed by atoms with Gasteiger partial charge in [0.2, 0.25) is 0 Å². The fraction of sp³-hybridized carbons (Fsp3) is 0.0870. The Morgan fingerprint density at radius 3 is 1.73 bits per heavy atom. The largest absolute Gasteiger partial charge is 0.309 e. The molecule has 2 nitrogen and oxygen atoms in total. The van der Waals surface area contributed by atoms with Crippen molar-refractivity contribution in [2.75, 3.05) is 0 Å². The van der Waals surface area contributed by atoms with Gasteiger partial charge in [-0.3, -0.25) is 0 Å². The molecule has 48 heavy (non-hydrogen) atoms. The van der Waals surface area contributed by atoms with Crippen LogP contribution >= 0.6 is 0 Å². The highest BCUT2D eigenvalue weighted by Gasteiger charge is 2.34. The summed E-state index contributed by atoms with van der Waals surface area (Å²) < 4.78 is 5.00. The van der Waals surface area contributed by atoms with Gasteiger partial charge in [0.1, 0.15) is 0 Å². The minimum atomic E-state index is -0.202. The summed E-state index contributed by atoms with van der Waals surface area (Å²) in [5.41, 5.74) is 13.0. The van der Waals surface area contributed by atoms with Crippen LogP contribution in [0.3, 0.4) is 0 Å². The second-order valence-corrected chi connectivity index (χ2v) is 13.6. The van der Waals surface area contributed by atoms with Crippen LogP contribution in [-0.2, 0) is 5.41 Å². The van der Waals surface area contributed by atoms with Gasteiger partial charge >= 0.3 is 0 Å². The molecule has 1 aliphatic carbocycles. The molecule has 1 aliphatic rings. The topological polar surface area (TPSA) is 9.86 Å². The molecule has 6 aromatic carbocycles. The molecule has 0 amide bonds. The van der Waals surface area contributed by atoms with Crippen LogP contribution in [0.25, 0.3) is 71.7 Å². The molecule has 9 rings (SSSR count). The van der Waals surface area contributed by atoms with Crippen molar-refractivity contribution >= 4 is 49.2 Å². The van der Waals surface area contributed by atoms with Crippen molar-refractivity contribution in [2.45, 2.75) is 25.7 Å². The van der Waals surface area contributed by atoms with Crippen LogP contribution in [0.1, 0.15) is 31.4 Å². The Labute approximate surface area is 281 Å². The van der Waals surface area contributed by atoms with E-state index in [4.69, 9.17) is 6.58 Å². The third-order valence-electron chi connectivity index (χ3n) is 10.1. The Balaban J connectivity index is 1.53. The smallest absolute Gasteiger partial charge is 0.0630 e. The van der Waals surface area contributed by atoms with Gasteiger partial charge in [-0.15, -0.1) is 0 Å². The zero-order valence-corrected chi connectivity index (χ0v) is 27.3. The van der Waals surface area contributed by atoms with E-state index in [2.05, 4.69) is 181 Å². The summed E-state index contributed by atoms with van der Waals surface area (Å²) in [5.74, 6) is 0. The maximum Gasteiger partial charge on any atom is 0.0630 e. The number of nitrogens with zero attached hydrogens (tertiary/aromatic N) is 2. The number of allylic oxidation sites excluding steroid dienone is 5. The van der Waals surface area contributed by atoms with E-state index in [-0.39, 0.29) is 5.41 Å². The molecule has 0 saturated heterocycles. The summed E-state index contributed by atoms with van der Waals surface area (Å²) in [4.78, 5) is 0. The monoisotopic (exact) mass is 616 g/mol. The third kappa shape index (κ3) is 4.19. The molecule has 8 aromatic rings. The lowest BCUT2D eigenvalue weighted by molar-refractivity contribution is 0.537. The Morgan fingerprint density at radius 1 is 0.542 bits per heavy atom. The van der Waals surface area contributed by atoms with Crippen LogP contribution in [0.2, 0.25) is 0 Å². The minimum Gasteiger partial charge on any atom is -0.309 e. The molecule has 0 aliphatic heterocycles. The Hall–Kier alpha value is -5.86. The molecule has 2 heterocycles. The van der Waals surface area contributed by atoms with Crippen LogP contribution < -0.4 is 0 Å². The average molecular weight is 617 g/mol. The lowest BCUT2D eigenvalue weighted by Gasteiger charge is -2.30. The number of para-hydroxylation sites is 3. The first-order chi connectivity index (χ1) is 23.5. The molecule has 0 spiro atoms. The van der Waals surface area contributed by atoms with Gasteiger partial charge in [0, 0.05) is 38.5 Å². The van der Waals surface area contributed by atoms with Gasteiger partial charge < -0.3 is 9.13 Å². The van der Waals surface area contributed by atoms with Crippen LogP contribution in [0.5, 0.6) is 0 Å². The molecular formula is C46H36N2. The number of benzene rings is 6. The fourth-order valence-corrected chi connectivity index (χ4v) is 8.01. The van der Waals surface area contributed by atoms with Gasteiger partial charge in [-0.2, -0.15) is 0 Å². The van der Waals surface area contributed by atoms with Crippen molar-refractivity contribution in [3.63, 3.8) is 0 Å². The summed E-state index contributed by atoms with van der Waals surface area (Å²) in [5, 5.41) is 5.08. The zero-order valence-electron chi connectivity index (χ0n) is 27.3. The van der Waals surface area contributed by atoms with E-state index in [9.17, 15) is 0 Å². The lowest BCUT2D eigenvalue weighted by atomic mass is 9.75. The van der Waals surface area contributed by atoms with Gasteiger partial charge in [0.25, 0.3) is 0 Å². The molecule has 0 saturated carbocycles. The highest BCUT2D eigenvalue weighted by molar-refractivity contribution is 6.31. The predicted octanol–water partition coefficient (Wildman–Crippen LogP) is 12.4. The maximum absolute atomic E-state index is 4.79. The minimum absolute atomic E-state index is 0.202. The first-order valence-corrected chi connectivity index (χ1v) is 16.8.